The maximum absolute atomic E-state index is 11.8. The van der Waals surface area contributed by atoms with E-state index in [4.69, 9.17) is 5.26 Å². The van der Waals surface area contributed by atoms with Crippen molar-refractivity contribution in [3.63, 3.8) is 0 Å². The number of nitriles is 1. The molecule has 0 saturated carbocycles. The van der Waals surface area contributed by atoms with Gasteiger partial charge in [0, 0.05) is 18.0 Å². The number of hydrogen-bond acceptors (Lipinski definition) is 3. The summed E-state index contributed by atoms with van der Waals surface area (Å²) in [6.45, 7) is 0. The lowest BCUT2D eigenvalue weighted by molar-refractivity contribution is 0.104. The number of benzene rings is 1. The van der Waals surface area contributed by atoms with Crippen LogP contribution in [0.4, 0.5) is 0 Å². The van der Waals surface area contributed by atoms with E-state index in [9.17, 15) is 4.79 Å². The van der Waals surface area contributed by atoms with Gasteiger partial charge in [0.2, 0.25) is 0 Å². The van der Waals surface area contributed by atoms with Crippen molar-refractivity contribution in [3.8, 4) is 6.07 Å². The summed E-state index contributed by atoms with van der Waals surface area (Å²) in [4.78, 5) is 15.7. The number of pyridine rings is 1. The highest BCUT2D eigenvalue weighted by Crippen LogP contribution is 2.07. The number of nitrogens with zero attached hydrogens (tertiary/aromatic N) is 2. The van der Waals surface area contributed by atoms with E-state index in [0.717, 1.165) is 5.56 Å². The fourth-order valence-electron chi connectivity index (χ4n) is 1.45. The number of carbonyl (C=O) groups excluding carboxylic acids is 1. The van der Waals surface area contributed by atoms with Crippen LogP contribution in [0.1, 0.15) is 21.5 Å². The van der Waals surface area contributed by atoms with E-state index >= 15 is 0 Å². The third-order valence-electron chi connectivity index (χ3n) is 2.43. The molecule has 0 N–H and O–H groups in total. The summed E-state index contributed by atoms with van der Waals surface area (Å²) >= 11 is 0. The van der Waals surface area contributed by atoms with Crippen LogP contribution in [0.25, 0.3) is 6.08 Å². The molecular formula is C15H10N2O. The lowest BCUT2D eigenvalue weighted by atomic mass is 10.1. The Balaban J connectivity index is 2.12. The molecule has 0 radical (unpaired) electrons. The van der Waals surface area contributed by atoms with Crippen LogP contribution in [0.15, 0.2) is 54.9 Å². The first-order valence-corrected chi connectivity index (χ1v) is 5.42. The maximum atomic E-state index is 11.8. The number of rotatable bonds is 3. The Kier molecular flexibility index (Phi) is 3.62. The summed E-state index contributed by atoms with van der Waals surface area (Å²) in [5.41, 5.74) is 2.04. The molecule has 2 aromatic rings. The summed E-state index contributed by atoms with van der Waals surface area (Å²) < 4.78 is 0. The first-order valence-electron chi connectivity index (χ1n) is 5.42. The van der Waals surface area contributed by atoms with Gasteiger partial charge in [-0.3, -0.25) is 9.78 Å². The van der Waals surface area contributed by atoms with Gasteiger partial charge in [-0.15, -0.1) is 0 Å². The van der Waals surface area contributed by atoms with Crippen LogP contribution >= 0.6 is 0 Å². The van der Waals surface area contributed by atoms with Crippen molar-refractivity contribution in [2.24, 2.45) is 0 Å². The third-order valence-corrected chi connectivity index (χ3v) is 2.43. The summed E-state index contributed by atoms with van der Waals surface area (Å²) in [5.74, 6) is -0.0868. The zero-order valence-electron chi connectivity index (χ0n) is 9.58. The number of aromatic nitrogens is 1. The van der Waals surface area contributed by atoms with Gasteiger partial charge in [0.05, 0.1) is 11.6 Å². The van der Waals surface area contributed by atoms with Gasteiger partial charge in [-0.2, -0.15) is 5.26 Å². The second-order valence-electron chi connectivity index (χ2n) is 3.67. The zero-order valence-corrected chi connectivity index (χ0v) is 9.58. The lowest BCUT2D eigenvalue weighted by Gasteiger charge is -1.95. The van der Waals surface area contributed by atoms with Gasteiger partial charge in [0.1, 0.15) is 0 Å². The highest BCUT2D eigenvalue weighted by molar-refractivity contribution is 6.06. The molecule has 0 atom stereocenters. The SMILES string of the molecule is N#Cc1ccc(C(=O)/C=C\c2ccncc2)cc1. The van der Waals surface area contributed by atoms with Crippen molar-refractivity contribution in [3.05, 3.63) is 71.6 Å². The van der Waals surface area contributed by atoms with Crippen LogP contribution in [0.3, 0.4) is 0 Å². The molecule has 0 bridgehead atoms. The van der Waals surface area contributed by atoms with Gasteiger partial charge in [-0.1, -0.05) is 6.08 Å². The molecular weight excluding hydrogens is 224 g/mol. The molecule has 0 amide bonds. The molecule has 3 nitrogen and oxygen atoms in total. The smallest absolute Gasteiger partial charge is 0.185 e. The first kappa shape index (κ1) is 11.7. The Bertz CT molecular complexity index is 607. The topological polar surface area (TPSA) is 53.8 Å². The predicted octanol–water partition coefficient (Wildman–Crippen LogP) is 2.85. The fraction of sp³-hybridized carbons (Fsp3) is 0. The van der Waals surface area contributed by atoms with Crippen molar-refractivity contribution < 1.29 is 4.79 Å². The molecule has 0 unspecified atom stereocenters. The van der Waals surface area contributed by atoms with Crippen molar-refractivity contribution in [1.82, 2.24) is 4.98 Å². The minimum Gasteiger partial charge on any atom is -0.289 e. The van der Waals surface area contributed by atoms with E-state index in [1.807, 2.05) is 18.2 Å². The van der Waals surface area contributed by atoms with E-state index in [0.29, 0.717) is 11.1 Å². The molecule has 86 valence electrons. The number of ketones is 1. The van der Waals surface area contributed by atoms with Crippen LogP contribution in [0.2, 0.25) is 0 Å². The van der Waals surface area contributed by atoms with Gasteiger partial charge in [0.15, 0.2) is 5.78 Å². The summed E-state index contributed by atoms with van der Waals surface area (Å²) in [7, 11) is 0. The lowest BCUT2D eigenvalue weighted by Crippen LogP contribution is -1.93. The summed E-state index contributed by atoms with van der Waals surface area (Å²) in [6.07, 6.45) is 6.59. The van der Waals surface area contributed by atoms with Crippen molar-refractivity contribution in [1.29, 1.82) is 5.26 Å². The highest BCUT2D eigenvalue weighted by Gasteiger charge is 2.01. The van der Waals surface area contributed by atoms with Crippen molar-refractivity contribution >= 4 is 11.9 Å². The Morgan fingerprint density at radius 3 is 2.39 bits per heavy atom. The Hall–Kier alpha value is -2.73. The van der Waals surface area contributed by atoms with E-state index in [1.54, 1.807) is 42.7 Å². The molecule has 0 aliphatic carbocycles. The fourth-order valence-corrected chi connectivity index (χ4v) is 1.45. The third kappa shape index (κ3) is 2.89. The number of allylic oxidation sites excluding steroid dienone is 1. The molecule has 1 heterocycles. The van der Waals surface area contributed by atoms with Crippen molar-refractivity contribution in [2.45, 2.75) is 0 Å². The van der Waals surface area contributed by atoms with Gasteiger partial charge < -0.3 is 0 Å². The number of carbonyl (C=O) groups is 1. The second-order valence-corrected chi connectivity index (χ2v) is 3.67. The quantitative estimate of drug-likeness (QED) is 0.606. The maximum Gasteiger partial charge on any atom is 0.185 e. The molecule has 0 fully saturated rings. The van der Waals surface area contributed by atoms with Crippen LogP contribution in [-0.4, -0.2) is 10.8 Å². The summed E-state index contributed by atoms with van der Waals surface area (Å²) in [6, 6.07) is 12.2. The molecule has 0 saturated heterocycles. The van der Waals surface area contributed by atoms with E-state index < -0.39 is 0 Å². The van der Waals surface area contributed by atoms with Gasteiger partial charge in [-0.25, -0.2) is 0 Å². The van der Waals surface area contributed by atoms with E-state index in [2.05, 4.69) is 4.98 Å². The Labute approximate surface area is 105 Å². The summed E-state index contributed by atoms with van der Waals surface area (Å²) in [5, 5.41) is 8.66. The zero-order chi connectivity index (χ0) is 12.8. The molecule has 1 aromatic carbocycles. The monoisotopic (exact) mass is 234 g/mol. The first-order chi connectivity index (χ1) is 8.79. The van der Waals surface area contributed by atoms with Crippen LogP contribution < -0.4 is 0 Å². The highest BCUT2D eigenvalue weighted by atomic mass is 16.1. The largest absolute Gasteiger partial charge is 0.289 e. The normalized spacial score (nSPS) is 10.2. The number of hydrogen-bond donors (Lipinski definition) is 0. The van der Waals surface area contributed by atoms with E-state index in [1.165, 1.54) is 6.08 Å². The molecule has 18 heavy (non-hydrogen) atoms. The minimum atomic E-state index is -0.0868. The molecule has 3 heteroatoms. The molecule has 0 aliphatic heterocycles. The standard InChI is InChI=1S/C15H10N2O/c16-11-13-1-4-14(5-2-13)15(18)6-3-12-7-9-17-10-8-12/h1-10H/b6-3-. The average Bonchev–Trinajstić information content (AvgIpc) is 2.46. The Morgan fingerprint density at radius 1 is 1.11 bits per heavy atom. The van der Waals surface area contributed by atoms with Crippen molar-refractivity contribution in [2.75, 3.05) is 0 Å². The average molecular weight is 234 g/mol. The van der Waals surface area contributed by atoms with Crippen LogP contribution in [-0.2, 0) is 0 Å². The van der Waals surface area contributed by atoms with Gasteiger partial charge in [0.25, 0.3) is 0 Å². The molecule has 2 rings (SSSR count). The van der Waals surface area contributed by atoms with Crippen LogP contribution in [0, 0.1) is 11.3 Å². The second kappa shape index (κ2) is 5.55. The van der Waals surface area contributed by atoms with Gasteiger partial charge in [-0.05, 0) is 48.0 Å². The molecule has 1 aromatic heterocycles. The minimum absolute atomic E-state index is 0.0868. The van der Waals surface area contributed by atoms with Gasteiger partial charge >= 0.3 is 0 Å². The molecule has 0 spiro atoms. The van der Waals surface area contributed by atoms with Crippen LogP contribution in [0.5, 0.6) is 0 Å². The Morgan fingerprint density at radius 2 is 1.78 bits per heavy atom. The predicted molar refractivity (Wildman–Crippen MR) is 68.8 cm³/mol. The molecule has 0 aliphatic rings. The van der Waals surface area contributed by atoms with E-state index in [-0.39, 0.29) is 5.78 Å².